The molecule has 0 spiro atoms. The number of benzene rings is 1. The fourth-order valence-electron chi connectivity index (χ4n) is 1.01. The van der Waals surface area contributed by atoms with Gasteiger partial charge in [0.2, 0.25) is 0 Å². The molecule has 0 aliphatic carbocycles. The summed E-state index contributed by atoms with van der Waals surface area (Å²) in [5.74, 6) is 0. The van der Waals surface area contributed by atoms with Gasteiger partial charge in [-0.2, -0.15) is 18.4 Å². The molecule has 0 radical (unpaired) electrons. The average Bonchev–Trinajstić information content (AvgIpc) is 2.17. The monoisotopic (exact) mass is 379 g/mol. The lowest BCUT2D eigenvalue weighted by Crippen LogP contribution is -2.02. The van der Waals surface area contributed by atoms with Crippen LogP contribution in [0.4, 0.5) is 13.2 Å². The van der Waals surface area contributed by atoms with Gasteiger partial charge in [0.05, 0.1) is 21.0 Å². The van der Waals surface area contributed by atoms with Gasteiger partial charge in [0.15, 0.2) is 0 Å². The molecule has 0 fully saturated rings. The van der Waals surface area contributed by atoms with Crippen molar-refractivity contribution < 1.29 is 21.6 Å². The SMILES string of the molecule is N#Cc1cc(SC(F)(F)F)c(Br)c(S(=O)(=O)Cl)c1. The average molecular weight is 381 g/mol. The van der Waals surface area contributed by atoms with Crippen LogP contribution in [-0.2, 0) is 9.05 Å². The van der Waals surface area contributed by atoms with Crippen molar-refractivity contribution in [1.82, 2.24) is 0 Å². The van der Waals surface area contributed by atoms with Crippen molar-refractivity contribution >= 4 is 47.4 Å². The molecule has 0 heterocycles. The summed E-state index contributed by atoms with van der Waals surface area (Å²) in [6.07, 6.45) is 0. The Morgan fingerprint density at radius 3 is 2.33 bits per heavy atom. The highest BCUT2D eigenvalue weighted by Gasteiger charge is 2.32. The summed E-state index contributed by atoms with van der Waals surface area (Å²) in [4.78, 5) is -1.02. The Labute approximate surface area is 117 Å². The molecule has 0 aliphatic rings. The minimum atomic E-state index is -4.61. The van der Waals surface area contributed by atoms with E-state index in [4.69, 9.17) is 15.9 Å². The van der Waals surface area contributed by atoms with E-state index in [0.29, 0.717) is 0 Å². The fourth-order valence-corrected chi connectivity index (χ4v) is 4.06. The summed E-state index contributed by atoms with van der Waals surface area (Å²) in [5, 5.41) is 8.65. The molecule has 0 N–H and O–H groups in total. The third-order valence-electron chi connectivity index (χ3n) is 1.62. The van der Waals surface area contributed by atoms with Gasteiger partial charge in [-0.15, -0.1) is 0 Å². The number of nitriles is 1. The highest BCUT2D eigenvalue weighted by Crippen LogP contribution is 2.43. The first kappa shape index (κ1) is 15.6. The highest BCUT2D eigenvalue weighted by molar-refractivity contribution is 9.10. The summed E-state index contributed by atoms with van der Waals surface area (Å²) >= 11 is 2.21. The van der Waals surface area contributed by atoms with E-state index in [-0.39, 0.29) is 10.0 Å². The summed E-state index contributed by atoms with van der Waals surface area (Å²) in [6, 6.07) is 3.39. The predicted octanol–water partition coefficient (Wildman–Crippen LogP) is 3.86. The van der Waals surface area contributed by atoms with Gasteiger partial charge in [0.1, 0.15) is 0 Å². The zero-order valence-corrected chi connectivity index (χ0v) is 12.1. The fraction of sp³-hybridized carbons (Fsp3) is 0.125. The number of rotatable bonds is 2. The maximum Gasteiger partial charge on any atom is 0.446 e. The van der Waals surface area contributed by atoms with Crippen molar-refractivity contribution in [2.75, 3.05) is 0 Å². The number of alkyl halides is 3. The van der Waals surface area contributed by atoms with Crippen molar-refractivity contribution in [1.29, 1.82) is 5.26 Å². The van der Waals surface area contributed by atoms with Crippen molar-refractivity contribution in [3.8, 4) is 6.07 Å². The van der Waals surface area contributed by atoms with Gasteiger partial charge in [0.25, 0.3) is 9.05 Å². The zero-order chi connectivity index (χ0) is 14.1. The summed E-state index contributed by atoms with van der Waals surface area (Å²) in [6.45, 7) is 0. The first-order valence-corrected chi connectivity index (χ1v) is 7.90. The van der Waals surface area contributed by atoms with Gasteiger partial charge in [-0.05, 0) is 39.8 Å². The lowest BCUT2D eigenvalue weighted by atomic mass is 10.2. The van der Waals surface area contributed by atoms with Crippen LogP contribution in [0, 0.1) is 11.3 Å². The van der Waals surface area contributed by atoms with Gasteiger partial charge in [-0.1, -0.05) is 0 Å². The standard InChI is InChI=1S/C8H2BrClF3NO2S2/c9-7-5(17-8(11,12)13)1-4(3-14)2-6(7)18(10,15)16/h1-2H. The molecule has 0 aromatic heterocycles. The van der Waals surface area contributed by atoms with Crippen LogP contribution in [0.5, 0.6) is 0 Å². The number of hydrogen-bond donors (Lipinski definition) is 0. The largest absolute Gasteiger partial charge is 0.446 e. The Balaban J connectivity index is 3.50. The molecule has 0 aliphatic heterocycles. The van der Waals surface area contributed by atoms with Crippen molar-refractivity contribution in [3.05, 3.63) is 22.2 Å². The topological polar surface area (TPSA) is 57.9 Å². The Morgan fingerprint density at radius 1 is 1.39 bits per heavy atom. The minimum Gasteiger partial charge on any atom is -0.207 e. The van der Waals surface area contributed by atoms with Gasteiger partial charge in [-0.3, -0.25) is 0 Å². The van der Waals surface area contributed by atoms with Gasteiger partial charge >= 0.3 is 5.51 Å². The third kappa shape index (κ3) is 4.05. The molecule has 3 nitrogen and oxygen atoms in total. The molecule has 0 amide bonds. The Morgan fingerprint density at radius 2 is 1.94 bits per heavy atom. The van der Waals surface area contributed by atoms with E-state index in [2.05, 4.69) is 15.9 Å². The molecular formula is C8H2BrClF3NO2S2. The molecule has 18 heavy (non-hydrogen) atoms. The van der Waals surface area contributed by atoms with E-state index >= 15 is 0 Å². The van der Waals surface area contributed by atoms with Crippen molar-refractivity contribution in [2.24, 2.45) is 0 Å². The quantitative estimate of drug-likeness (QED) is 0.577. The maximum absolute atomic E-state index is 12.3. The molecule has 0 saturated carbocycles. The van der Waals surface area contributed by atoms with Crippen LogP contribution in [-0.4, -0.2) is 13.9 Å². The van der Waals surface area contributed by atoms with Crippen LogP contribution in [0.2, 0.25) is 0 Å². The van der Waals surface area contributed by atoms with E-state index in [1.165, 1.54) is 0 Å². The zero-order valence-electron chi connectivity index (χ0n) is 8.12. The van der Waals surface area contributed by atoms with E-state index in [1.54, 1.807) is 6.07 Å². The van der Waals surface area contributed by atoms with Crippen LogP contribution in [0.25, 0.3) is 0 Å². The molecule has 0 bridgehead atoms. The normalized spacial score (nSPS) is 12.2. The van der Waals surface area contributed by atoms with Crippen LogP contribution in [0.15, 0.2) is 26.4 Å². The molecule has 0 saturated heterocycles. The number of hydrogen-bond acceptors (Lipinski definition) is 4. The molecule has 0 atom stereocenters. The van der Waals surface area contributed by atoms with Crippen LogP contribution >= 0.6 is 38.4 Å². The third-order valence-corrected chi connectivity index (χ3v) is 5.12. The second kappa shape index (κ2) is 5.28. The Bertz CT molecular complexity index is 624. The molecule has 1 rings (SSSR count). The van der Waals surface area contributed by atoms with Gasteiger partial charge in [-0.25, -0.2) is 8.42 Å². The van der Waals surface area contributed by atoms with E-state index in [1.807, 2.05) is 0 Å². The second-order valence-corrected chi connectivity index (χ2v) is 7.32. The first-order valence-electron chi connectivity index (χ1n) is 3.98. The van der Waals surface area contributed by atoms with Crippen molar-refractivity contribution in [2.45, 2.75) is 15.3 Å². The Hall–Kier alpha value is -0.430. The predicted molar refractivity (Wildman–Crippen MR) is 63.8 cm³/mol. The van der Waals surface area contributed by atoms with E-state index in [9.17, 15) is 21.6 Å². The van der Waals surface area contributed by atoms with E-state index in [0.717, 1.165) is 12.1 Å². The molecule has 0 unspecified atom stereocenters. The van der Waals surface area contributed by atoms with Crippen LogP contribution in [0.3, 0.4) is 0 Å². The minimum absolute atomic E-state index is 0.232. The van der Waals surface area contributed by atoms with Crippen LogP contribution in [0.1, 0.15) is 5.56 Å². The van der Waals surface area contributed by atoms with E-state index < -0.39 is 36.1 Å². The molecule has 1 aromatic carbocycles. The van der Waals surface area contributed by atoms with Crippen molar-refractivity contribution in [3.63, 3.8) is 0 Å². The lowest BCUT2D eigenvalue weighted by Gasteiger charge is -2.10. The summed E-state index contributed by atoms with van der Waals surface area (Å²) in [5.41, 5.74) is -4.84. The highest BCUT2D eigenvalue weighted by atomic mass is 79.9. The molecular weight excluding hydrogens is 379 g/mol. The maximum atomic E-state index is 12.3. The van der Waals surface area contributed by atoms with Gasteiger partial charge < -0.3 is 0 Å². The molecule has 1 aromatic rings. The molecule has 10 heteroatoms. The van der Waals surface area contributed by atoms with Crippen LogP contribution < -0.4 is 0 Å². The second-order valence-electron chi connectivity index (χ2n) is 2.88. The summed E-state index contributed by atoms with van der Waals surface area (Å²) in [7, 11) is 0.828. The lowest BCUT2D eigenvalue weighted by molar-refractivity contribution is -0.0328. The number of halogens is 5. The Kier molecular flexibility index (Phi) is 4.59. The smallest absolute Gasteiger partial charge is 0.207 e. The number of nitrogens with zero attached hydrogens (tertiary/aromatic N) is 1. The first-order chi connectivity index (χ1) is 8.04. The number of thioether (sulfide) groups is 1. The summed E-state index contributed by atoms with van der Waals surface area (Å²) < 4.78 is 58.8. The van der Waals surface area contributed by atoms with Gasteiger partial charge in [0, 0.05) is 15.6 Å². The molecule has 98 valence electrons.